The van der Waals surface area contributed by atoms with Gasteiger partial charge < -0.3 is 15.0 Å². The maximum absolute atomic E-state index is 12.4. The molecule has 2 aromatic rings. The summed E-state index contributed by atoms with van der Waals surface area (Å²) < 4.78 is 6.19. The van der Waals surface area contributed by atoms with Crippen LogP contribution in [-0.4, -0.2) is 36.4 Å². The van der Waals surface area contributed by atoms with Crippen molar-refractivity contribution in [1.82, 2.24) is 4.90 Å². The summed E-state index contributed by atoms with van der Waals surface area (Å²) in [7, 11) is 0. The summed E-state index contributed by atoms with van der Waals surface area (Å²) >= 11 is 3.41. The van der Waals surface area contributed by atoms with Crippen molar-refractivity contribution in [3.63, 3.8) is 0 Å². The molecule has 0 saturated carbocycles. The molecule has 0 aliphatic carbocycles. The van der Waals surface area contributed by atoms with Gasteiger partial charge in [0.25, 0.3) is 11.8 Å². The molecular formula is C20H21BrN2O3. The van der Waals surface area contributed by atoms with Gasteiger partial charge in [0.15, 0.2) is 0 Å². The average molecular weight is 417 g/mol. The van der Waals surface area contributed by atoms with Crippen LogP contribution >= 0.6 is 15.9 Å². The fourth-order valence-electron chi connectivity index (χ4n) is 2.92. The predicted molar refractivity (Wildman–Crippen MR) is 105 cm³/mol. The minimum atomic E-state index is -0.215. The number of anilines is 1. The Hall–Kier alpha value is -2.34. The first kappa shape index (κ1) is 18.5. The Morgan fingerprint density at radius 1 is 1.08 bits per heavy atom. The zero-order valence-electron chi connectivity index (χ0n) is 14.6. The number of ether oxygens (including phenoxy) is 1. The highest BCUT2D eigenvalue weighted by Crippen LogP contribution is 2.26. The Morgan fingerprint density at radius 3 is 2.35 bits per heavy atom. The quantitative estimate of drug-likeness (QED) is 0.788. The Balaban J connectivity index is 1.66. The topological polar surface area (TPSA) is 58.6 Å². The van der Waals surface area contributed by atoms with Gasteiger partial charge in [-0.1, -0.05) is 0 Å². The van der Waals surface area contributed by atoms with Crippen molar-refractivity contribution in [2.45, 2.75) is 19.8 Å². The van der Waals surface area contributed by atoms with Gasteiger partial charge in [0.2, 0.25) is 0 Å². The lowest BCUT2D eigenvalue weighted by molar-refractivity contribution is 0.0792. The lowest BCUT2D eigenvalue weighted by Crippen LogP contribution is -2.27. The molecule has 2 amide bonds. The monoisotopic (exact) mass is 416 g/mol. The molecule has 0 radical (unpaired) electrons. The van der Waals surface area contributed by atoms with Gasteiger partial charge in [-0.05, 0) is 78.2 Å². The molecule has 136 valence electrons. The summed E-state index contributed by atoms with van der Waals surface area (Å²) in [5.74, 6) is 0.539. The van der Waals surface area contributed by atoms with Crippen molar-refractivity contribution >= 4 is 33.4 Å². The molecule has 0 bridgehead atoms. The highest BCUT2D eigenvalue weighted by molar-refractivity contribution is 9.10. The molecule has 1 saturated heterocycles. The number of hydrogen-bond donors (Lipinski definition) is 1. The molecule has 26 heavy (non-hydrogen) atoms. The van der Waals surface area contributed by atoms with Gasteiger partial charge in [-0.25, -0.2) is 0 Å². The summed E-state index contributed by atoms with van der Waals surface area (Å²) in [5, 5.41) is 2.85. The maximum Gasteiger partial charge on any atom is 0.255 e. The van der Waals surface area contributed by atoms with E-state index in [2.05, 4.69) is 21.2 Å². The fraction of sp³-hybridized carbons (Fsp3) is 0.300. The number of likely N-dealkylation sites (tertiary alicyclic amines) is 1. The van der Waals surface area contributed by atoms with Crippen LogP contribution in [0, 0.1) is 0 Å². The van der Waals surface area contributed by atoms with Crippen LogP contribution in [0.1, 0.15) is 40.5 Å². The van der Waals surface area contributed by atoms with Crippen LogP contribution in [0.4, 0.5) is 5.69 Å². The van der Waals surface area contributed by atoms with Crippen molar-refractivity contribution in [2.75, 3.05) is 25.0 Å². The molecular weight excluding hydrogens is 396 g/mol. The SMILES string of the molecule is CCOc1ccc(C(=O)Nc2ccc(C(=O)N3CCCC3)cc2)cc1Br. The van der Waals surface area contributed by atoms with E-state index in [9.17, 15) is 9.59 Å². The van der Waals surface area contributed by atoms with Crippen molar-refractivity contribution in [2.24, 2.45) is 0 Å². The van der Waals surface area contributed by atoms with E-state index in [1.54, 1.807) is 42.5 Å². The van der Waals surface area contributed by atoms with Gasteiger partial charge in [-0.15, -0.1) is 0 Å². The second-order valence-corrected chi connectivity index (χ2v) is 6.96. The van der Waals surface area contributed by atoms with E-state index in [1.807, 2.05) is 11.8 Å². The number of carbonyl (C=O) groups is 2. The third-order valence-electron chi connectivity index (χ3n) is 4.28. The molecule has 0 aromatic heterocycles. The van der Waals surface area contributed by atoms with Gasteiger partial charge in [-0.3, -0.25) is 9.59 Å². The number of halogens is 1. The van der Waals surface area contributed by atoms with Gasteiger partial charge in [0.05, 0.1) is 11.1 Å². The van der Waals surface area contributed by atoms with Crippen molar-refractivity contribution in [1.29, 1.82) is 0 Å². The first-order valence-electron chi connectivity index (χ1n) is 8.71. The molecule has 1 heterocycles. The zero-order chi connectivity index (χ0) is 18.5. The minimum absolute atomic E-state index is 0.0517. The Bertz CT molecular complexity index is 799. The van der Waals surface area contributed by atoms with Crippen LogP contribution in [0.3, 0.4) is 0 Å². The van der Waals surface area contributed by atoms with Crippen molar-refractivity contribution in [3.05, 3.63) is 58.1 Å². The molecule has 5 nitrogen and oxygen atoms in total. The molecule has 0 unspecified atom stereocenters. The van der Waals surface area contributed by atoms with E-state index in [4.69, 9.17) is 4.74 Å². The van der Waals surface area contributed by atoms with E-state index in [0.29, 0.717) is 29.2 Å². The van der Waals surface area contributed by atoms with Crippen molar-refractivity contribution in [3.8, 4) is 5.75 Å². The molecule has 3 rings (SSSR count). The lowest BCUT2D eigenvalue weighted by Gasteiger charge is -2.15. The van der Waals surface area contributed by atoms with Gasteiger partial charge in [0, 0.05) is 29.9 Å². The van der Waals surface area contributed by atoms with E-state index in [1.165, 1.54) is 0 Å². The van der Waals surface area contributed by atoms with Crippen LogP contribution in [0.15, 0.2) is 46.9 Å². The standard InChI is InChI=1S/C20H21BrN2O3/c1-2-26-18-10-7-15(13-17(18)21)19(24)22-16-8-5-14(6-9-16)20(25)23-11-3-4-12-23/h5-10,13H,2-4,11-12H2,1H3,(H,22,24). The van der Waals surface area contributed by atoms with Crippen LogP contribution in [0.2, 0.25) is 0 Å². The molecule has 1 aliphatic heterocycles. The number of rotatable bonds is 5. The third-order valence-corrected chi connectivity index (χ3v) is 4.90. The summed E-state index contributed by atoms with van der Waals surface area (Å²) in [5.41, 5.74) is 1.82. The summed E-state index contributed by atoms with van der Waals surface area (Å²) in [6, 6.07) is 12.2. The summed E-state index contributed by atoms with van der Waals surface area (Å²) in [4.78, 5) is 26.6. The van der Waals surface area contributed by atoms with Crippen LogP contribution < -0.4 is 10.1 Å². The first-order valence-corrected chi connectivity index (χ1v) is 9.51. The van der Waals surface area contributed by atoms with Gasteiger partial charge in [-0.2, -0.15) is 0 Å². The number of carbonyl (C=O) groups excluding carboxylic acids is 2. The highest BCUT2D eigenvalue weighted by atomic mass is 79.9. The molecule has 2 aromatic carbocycles. The van der Waals surface area contributed by atoms with E-state index in [0.717, 1.165) is 30.4 Å². The lowest BCUT2D eigenvalue weighted by atomic mass is 10.1. The van der Waals surface area contributed by atoms with Crippen molar-refractivity contribution < 1.29 is 14.3 Å². The Labute approximate surface area is 161 Å². The molecule has 1 N–H and O–H groups in total. The number of nitrogens with one attached hydrogen (secondary N) is 1. The normalized spacial score (nSPS) is 13.5. The Kier molecular flexibility index (Phi) is 5.93. The van der Waals surface area contributed by atoms with Crippen LogP contribution in [0.5, 0.6) is 5.75 Å². The van der Waals surface area contributed by atoms with E-state index >= 15 is 0 Å². The fourth-order valence-corrected chi connectivity index (χ4v) is 3.41. The number of amides is 2. The van der Waals surface area contributed by atoms with E-state index in [-0.39, 0.29) is 11.8 Å². The minimum Gasteiger partial charge on any atom is -0.493 e. The second kappa shape index (κ2) is 8.36. The first-order chi connectivity index (χ1) is 12.6. The molecule has 0 spiro atoms. The van der Waals surface area contributed by atoms with Crippen LogP contribution in [0.25, 0.3) is 0 Å². The smallest absolute Gasteiger partial charge is 0.255 e. The number of nitrogens with zero attached hydrogens (tertiary/aromatic N) is 1. The molecule has 1 aliphatic rings. The van der Waals surface area contributed by atoms with Gasteiger partial charge >= 0.3 is 0 Å². The zero-order valence-corrected chi connectivity index (χ0v) is 16.2. The Morgan fingerprint density at radius 2 is 1.73 bits per heavy atom. The predicted octanol–water partition coefficient (Wildman–Crippen LogP) is 4.34. The third kappa shape index (κ3) is 4.25. The molecule has 0 atom stereocenters. The van der Waals surface area contributed by atoms with E-state index < -0.39 is 0 Å². The molecule has 6 heteroatoms. The maximum atomic E-state index is 12.4. The number of hydrogen-bond acceptors (Lipinski definition) is 3. The summed E-state index contributed by atoms with van der Waals surface area (Å²) in [6.45, 7) is 4.12. The largest absolute Gasteiger partial charge is 0.493 e. The number of benzene rings is 2. The highest BCUT2D eigenvalue weighted by Gasteiger charge is 2.19. The second-order valence-electron chi connectivity index (χ2n) is 6.11. The van der Waals surface area contributed by atoms with Gasteiger partial charge in [0.1, 0.15) is 5.75 Å². The average Bonchev–Trinajstić information content (AvgIpc) is 3.18. The molecule has 1 fully saturated rings. The summed E-state index contributed by atoms with van der Waals surface area (Å²) in [6.07, 6.45) is 2.13. The van der Waals surface area contributed by atoms with Crippen LogP contribution in [-0.2, 0) is 0 Å².